The van der Waals surface area contributed by atoms with Crippen molar-refractivity contribution < 1.29 is 0 Å². The van der Waals surface area contributed by atoms with Gasteiger partial charge in [0.2, 0.25) is 0 Å². The van der Waals surface area contributed by atoms with Gasteiger partial charge >= 0.3 is 0 Å². The summed E-state index contributed by atoms with van der Waals surface area (Å²) in [5.41, 5.74) is 5.53. The molecule has 1 unspecified atom stereocenters. The minimum absolute atomic E-state index is 0.471. The molecule has 2 N–H and O–H groups in total. The molecule has 5 heteroatoms. The highest BCUT2D eigenvalue weighted by Gasteiger charge is 2.24. The molecule has 0 spiro atoms. The monoisotopic (exact) mass is 235 g/mol. The van der Waals surface area contributed by atoms with Gasteiger partial charge in [-0.1, -0.05) is 6.92 Å². The predicted molar refractivity (Wildman–Crippen MR) is 70.0 cm³/mol. The molecule has 2 rings (SSSR count). The van der Waals surface area contributed by atoms with E-state index in [1.165, 1.54) is 19.4 Å². The number of likely N-dealkylation sites (tertiary alicyclic amines) is 1. The largest absolute Gasteiger partial charge is 0.382 e. The molecule has 0 aliphatic carbocycles. The lowest BCUT2D eigenvalue weighted by Crippen LogP contribution is -2.39. The Balaban J connectivity index is 1.96. The molecule has 2 heterocycles. The van der Waals surface area contributed by atoms with E-state index in [-0.39, 0.29) is 0 Å². The van der Waals surface area contributed by atoms with Crippen molar-refractivity contribution in [3.63, 3.8) is 0 Å². The van der Waals surface area contributed by atoms with E-state index in [1.807, 2.05) is 6.07 Å². The predicted octanol–water partition coefficient (Wildman–Crippen LogP) is 0.979. The summed E-state index contributed by atoms with van der Waals surface area (Å²) in [5, 5.41) is 7.99. The van der Waals surface area contributed by atoms with Gasteiger partial charge in [0.15, 0.2) is 5.82 Å². The summed E-state index contributed by atoms with van der Waals surface area (Å²) in [5.74, 6) is 1.36. The highest BCUT2D eigenvalue weighted by Crippen LogP contribution is 2.19. The number of nitrogen functional groups attached to an aromatic ring is 1. The summed E-state index contributed by atoms with van der Waals surface area (Å²) < 4.78 is 0. The topological polar surface area (TPSA) is 58.3 Å². The maximum Gasteiger partial charge on any atom is 0.151 e. The summed E-state index contributed by atoms with van der Waals surface area (Å²) in [6.45, 7) is 5.59. The third-order valence-corrected chi connectivity index (χ3v) is 3.45. The van der Waals surface area contributed by atoms with Crippen molar-refractivity contribution in [3.8, 4) is 0 Å². The van der Waals surface area contributed by atoms with E-state index in [0.29, 0.717) is 11.9 Å². The number of likely N-dealkylation sites (N-methyl/N-ethyl adjacent to an activating group) is 2. The number of nitrogens with zero attached hydrogens (tertiary/aromatic N) is 4. The molecule has 1 saturated heterocycles. The fourth-order valence-corrected chi connectivity index (χ4v) is 2.47. The Morgan fingerprint density at radius 2 is 2.29 bits per heavy atom. The van der Waals surface area contributed by atoms with Crippen LogP contribution in [0.4, 0.5) is 11.6 Å². The normalized spacial score (nSPS) is 20.7. The standard InChI is InChI=1S/C12H21N5/c1-3-17-8-4-5-10(17)9-16(2)12-7-6-11(13)14-15-12/h6-7,10H,3-5,8-9H2,1-2H3,(H2,13,14). The molecule has 1 aromatic rings. The lowest BCUT2D eigenvalue weighted by molar-refractivity contribution is 0.270. The Hall–Kier alpha value is -1.36. The Kier molecular flexibility index (Phi) is 3.78. The lowest BCUT2D eigenvalue weighted by Gasteiger charge is -2.28. The highest BCUT2D eigenvalue weighted by molar-refractivity contribution is 5.40. The lowest BCUT2D eigenvalue weighted by atomic mass is 10.2. The van der Waals surface area contributed by atoms with Gasteiger partial charge < -0.3 is 10.6 Å². The molecular formula is C12H21N5. The Morgan fingerprint density at radius 1 is 1.47 bits per heavy atom. The Labute approximate surface area is 103 Å². The third-order valence-electron chi connectivity index (χ3n) is 3.45. The van der Waals surface area contributed by atoms with Crippen molar-refractivity contribution in [2.75, 3.05) is 37.3 Å². The first-order chi connectivity index (χ1) is 8.20. The van der Waals surface area contributed by atoms with E-state index < -0.39 is 0 Å². The summed E-state index contributed by atoms with van der Waals surface area (Å²) in [4.78, 5) is 4.69. The molecule has 0 amide bonds. The molecule has 0 radical (unpaired) electrons. The maximum atomic E-state index is 5.53. The van der Waals surface area contributed by atoms with Gasteiger partial charge in [-0.25, -0.2) is 0 Å². The van der Waals surface area contributed by atoms with E-state index in [9.17, 15) is 0 Å². The van der Waals surface area contributed by atoms with Crippen LogP contribution in [0, 0.1) is 0 Å². The first-order valence-electron chi connectivity index (χ1n) is 6.25. The first-order valence-corrected chi connectivity index (χ1v) is 6.25. The Bertz CT molecular complexity index is 350. The van der Waals surface area contributed by atoms with Crippen LogP contribution >= 0.6 is 0 Å². The average Bonchev–Trinajstić information content (AvgIpc) is 2.77. The number of aromatic nitrogens is 2. The zero-order valence-corrected chi connectivity index (χ0v) is 10.6. The molecule has 94 valence electrons. The van der Waals surface area contributed by atoms with Crippen LogP contribution in [-0.4, -0.2) is 47.8 Å². The van der Waals surface area contributed by atoms with Gasteiger partial charge in [-0.05, 0) is 38.1 Å². The van der Waals surface area contributed by atoms with Gasteiger partial charge in [0.25, 0.3) is 0 Å². The molecule has 0 aromatic carbocycles. The van der Waals surface area contributed by atoms with Gasteiger partial charge in [-0.2, -0.15) is 0 Å². The van der Waals surface area contributed by atoms with Crippen molar-refractivity contribution in [3.05, 3.63) is 12.1 Å². The van der Waals surface area contributed by atoms with Gasteiger partial charge in [0, 0.05) is 19.6 Å². The number of hydrogen-bond donors (Lipinski definition) is 1. The second-order valence-electron chi connectivity index (χ2n) is 4.62. The number of rotatable bonds is 4. The van der Waals surface area contributed by atoms with Crippen LogP contribution < -0.4 is 10.6 Å². The van der Waals surface area contributed by atoms with Crippen LogP contribution in [-0.2, 0) is 0 Å². The molecule has 1 aromatic heterocycles. The van der Waals surface area contributed by atoms with E-state index >= 15 is 0 Å². The molecule has 0 bridgehead atoms. The van der Waals surface area contributed by atoms with Crippen molar-refractivity contribution in [2.24, 2.45) is 0 Å². The van der Waals surface area contributed by atoms with Gasteiger partial charge in [0.1, 0.15) is 5.82 Å². The summed E-state index contributed by atoms with van der Waals surface area (Å²) >= 11 is 0. The van der Waals surface area contributed by atoms with Gasteiger partial charge in [0.05, 0.1) is 0 Å². The van der Waals surface area contributed by atoms with Crippen LogP contribution in [0.1, 0.15) is 19.8 Å². The van der Waals surface area contributed by atoms with Crippen molar-refractivity contribution in [2.45, 2.75) is 25.8 Å². The van der Waals surface area contributed by atoms with E-state index in [0.717, 1.165) is 18.9 Å². The second-order valence-corrected chi connectivity index (χ2v) is 4.62. The molecule has 5 nitrogen and oxygen atoms in total. The second kappa shape index (κ2) is 5.31. The van der Waals surface area contributed by atoms with Crippen molar-refractivity contribution in [1.29, 1.82) is 0 Å². The minimum Gasteiger partial charge on any atom is -0.382 e. The van der Waals surface area contributed by atoms with Crippen LogP contribution in [0.2, 0.25) is 0 Å². The molecule has 1 atom stereocenters. The van der Waals surface area contributed by atoms with Crippen LogP contribution in [0.5, 0.6) is 0 Å². The van der Waals surface area contributed by atoms with E-state index in [2.05, 4.69) is 34.0 Å². The van der Waals surface area contributed by atoms with Crippen LogP contribution in [0.25, 0.3) is 0 Å². The quantitative estimate of drug-likeness (QED) is 0.843. The number of hydrogen-bond acceptors (Lipinski definition) is 5. The zero-order valence-electron chi connectivity index (χ0n) is 10.6. The van der Waals surface area contributed by atoms with E-state index in [4.69, 9.17) is 5.73 Å². The zero-order chi connectivity index (χ0) is 12.3. The average molecular weight is 235 g/mol. The summed E-state index contributed by atoms with van der Waals surface area (Å²) in [6.07, 6.45) is 2.58. The number of anilines is 2. The first kappa shape index (κ1) is 12.1. The van der Waals surface area contributed by atoms with Gasteiger partial charge in [-0.15, -0.1) is 10.2 Å². The minimum atomic E-state index is 0.471. The fraction of sp³-hybridized carbons (Fsp3) is 0.667. The van der Waals surface area contributed by atoms with Crippen molar-refractivity contribution >= 4 is 11.6 Å². The Morgan fingerprint density at radius 3 is 2.94 bits per heavy atom. The molecule has 1 aliphatic heterocycles. The SMILES string of the molecule is CCN1CCCC1CN(C)c1ccc(N)nn1. The molecule has 1 fully saturated rings. The summed E-state index contributed by atoms with van der Waals surface area (Å²) in [6, 6.07) is 4.36. The number of nitrogens with two attached hydrogens (primary N) is 1. The van der Waals surface area contributed by atoms with Crippen molar-refractivity contribution in [1.82, 2.24) is 15.1 Å². The maximum absolute atomic E-state index is 5.53. The van der Waals surface area contributed by atoms with Crippen LogP contribution in [0.15, 0.2) is 12.1 Å². The molecule has 1 aliphatic rings. The van der Waals surface area contributed by atoms with E-state index in [1.54, 1.807) is 6.07 Å². The molecular weight excluding hydrogens is 214 g/mol. The highest BCUT2D eigenvalue weighted by atomic mass is 15.3. The fourth-order valence-electron chi connectivity index (χ4n) is 2.47. The van der Waals surface area contributed by atoms with Gasteiger partial charge in [-0.3, -0.25) is 4.90 Å². The summed E-state index contributed by atoms with van der Waals surface area (Å²) in [7, 11) is 2.06. The third kappa shape index (κ3) is 2.85. The molecule has 0 saturated carbocycles. The molecule has 17 heavy (non-hydrogen) atoms. The smallest absolute Gasteiger partial charge is 0.151 e. The van der Waals surface area contributed by atoms with Crippen LogP contribution in [0.3, 0.4) is 0 Å².